The largest absolute Gasteiger partial charge is 0.405 e. The number of hydrogen-bond donors (Lipinski definition) is 4. The van der Waals surface area contributed by atoms with Crippen LogP contribution in [0.25, 0.3) is 10.8 Å². The predicted molar refractivity (Wildman–Crippen MR) is 100 cm³/mol. The number of nitrogens with zero attached hydrogens (tertiary/aromatic N) is 1. The molecule has 0 aliphatic rings. The van der Waals surface area contributed by atoms with Gasteiger partial charge in [0.15, 0.2) is 0 Å². The fourth-order valence-electron chi connectivity index (χ4n) is 2.57. The Morgan fingerprint density at radius 3 is 2.54 bits per heavy atom. The fourth-order valence-corrected chi connectivity index (χ4v) is 2.57. The van der Waals surface area contributed by atoms with E-state index in [0.29, 0.717) is 16.6 Å². The van der Waals surface area contributed by atoms with Gasteiger partial charge in [-0.3, -0.25) is 9.59 Å². The summed E-state index contributed by atoms with van der Waals surface area (Å²) in [7, 11) is 1.51. The molecule has 10 heteroatoms. The van der Waals surface area contributed by atoms with Gasteiger partial charge in [0.05, 0.1) is 5.39 Å². The van der Waals surface area contributed by atoms with Gasteiger partial charge in [0.2, 0.25) is 0 Å². The molecule has 0 saturated heterocycles. The second kappa shape index (κ2) is 7.59. The van der Waals surface area contributed by atoms with Crippen molar-refractivity contribution in [1.29, 1.82) is 0 Å². The number of anilines is 3. The highest BCUT2D eigenvalue weighted by atomic mass is 19.4. The lowest BCUT2D eigenvalue weighted by atomic mass is 10.1. The van der Waals surface area contributed by atoms with Gasteiger partial charge < -0.3 is 20.9 Å². The van der Waals surface area contributed by atoms with Crippen LogP contribution >= 0.6 is 0 Å². The Morgan fingerprint density at radius 2 is 1.89 bits per heavy atom. The topological polar surface area (TPSA) is 98.9 Å². The minimum atomic E-state index is -4.41. The lowest BCUT2D eigenvalue weighted by Gasteiger charge is -2.13. The number of fused-ring (bicyclic) bond motifs is 1. The first-order valence-electron chi connectivity index (χ1n) is 8.19. The van der Waals surface area contributed by atoms with Gasteiger partial charge >= 0.3 is 6.18 Å². The molecule has 146 valence electrons. The Balaban J connectivity index is 1.98. The molecule has 1 aromatic carbocycles. The van der Waals surface area contributed by atoms with E-state index in [-0.39, 0.29) is 22.9 Å². The highest BCUT2D eigenvalue weighted by molar-refractivity contribution is 5.96. The Hall–Kier alpha value is -3.56. The number of hydrogen-bond acceptors (Lipinski definition) is 5. The number of rotatable bonds is 5. The van der Waals surface area contributed by atoms with Gasteiger partial charge in [-0.1, -0.05) is 0 Å². The molecule has 0 radical (unpaired) electrons. The molecule has 0 aliphatic carbocycles. The van der Waals surface area contributed by atoms with Gasteiger partial charge in [-0.05, 0) is 41.8 Å². The van der Waals surface area contributed by atoms with Crippen molar-refractivity contribution in [3.05, 3.63) is 58.5 Å². The summed E-state index contributed by atoms with van der Waals surface area (Å²) in [6.07, 6.45) is -3.01. The van der Waals surface area contributed by atoms with Crippen LogP contribution in [0.2, 0.25) is 0 Å². The summed E-state index contributed by atoms with van der Waals surface area (Å²) < 4.78 is 37.5. The molecule has 0 fully saturated rings. The van der Waals surface area contributed by atoms with E-state index in [1.54, 1.807) is 30.3 Å². The number of H-pyrrole nitrogens is 1. The van der Waals surface area contributed by atoms with Gasteiger partial charge in [-0.25, -0.2) is 4.98 Å². The summed E-state index contributed by atoms with van der Waals surface area (Å²) in [6, 6.07) is 9.28. The highest BCUT2D eigenvalue weighted by Gasteiger charge is 2.27. The summed E-state index contributed by atoms with van der Waals surface area (Å²) in [5.41, 5.74) is 0.513. The van der Waals surface area contributed by atoms with Crippen molar-refractivity contribution in [3.63, 3.8) is 0 Å². The van der Waals surface area contributed by atoms with E-state index < -0.39 is 18.3 Å². The van der Waals surface area contributed by atoms with Crippen LogP contribution in [-0.2, 0) is 0 Å². The minimum absolute atomic E-state index is 0.0279. The number of benzene rings is 1. The molecule has 0 bridgehead atoms. The van der Waals surface area contributed by atoms with E-state index in [1.807, 2.05) is 0 Å². The molecule has 3 aromatic rings. The first-order valence-corrected chi connectivity index (χ1v) is 8.19. The van der Waals surface area contributed by atoms with E-state index in [4.69, 9.17) is 0 Å². The molecule has 7 nitrogen and oxygen atoms in total. The normalized spacial score (nSPS) is 11.3. The Labute approximate surface area is 157 Å². The van der Waals surface area contributed by atoms with Crippen LogP contribution < -0.4 is 21.5 Å². The lowest BCUT2D eigenvalue weighted by Crippen LogP contribution is -2.22. The maximum absolute atomic E-state index is 12.5. The summed E-state index contributed by atoms with van der Waals surface area (Å²) >= 11 is 0. The average Bonchev–Trinajstić information content (AvgIpc) is 2.66. The number of carbonyl (C=O) groups is 1. The molecule has 2 aromatic heterocycles. The van der Waals surface area contributed by atoms with Crippen LogP contribution in [0.15, 0.2) is 47.4 Å². The van der Waals surface area contributed by atoms with E-state index in [9.17, 15) is 22.8 Å². The summed E-state index contributed by atoms with van der Waals surface area (Å²) in [6.45, 7) is -1.25. The number of amides is 1. The third kappa shape index (κ3) is 4.40. The van der Waals surface area contributed by atoms with Crippen molar-refractivity contribution >= 4 is 34.0 Å². The molecule has 0 unspecified atom stereocenters. The van der Waals surface area contributed by atoms with Crippen LogP contribution in [0.4, 0.5) is 30.5 Å². The summed E-state index contributed by atoms with van der Waals surface area (Å²) in [5.74, 6) is -0.193. The molecular weight excluding hydrogens is 375 g/mol. The van der Waals surface area contributed by atoms with E-state index >= 15 is 0 Å². The Kier molecular flexibility index (Phi) is 5.21. The summed E-state index contributed by atoms with van der Waals surface area (Å²) in [4.78, 5) is 30.5. The van der Waals surface area contributed by atoms with E-state index in [1.165, 1.54) is 19.3 Å². The van der Waals surface area contributed by atoms with Crippen LogP contribution in [0.1, 0.15) is 10.4 Å². The third-order valence-electron chi connectivity index (χ3n) is 3.86. The molecule has 3 rings (SSSR count). The average molecular weight is 391 g/mol. The maximum Gasteiger partial charge on any atom is 0.405 e. The highest BCUT2D eigenvalue weighted by Crippen LogP contribution is 2.26. The first-order chi connectivity index (χ1) is 13.3. The van der Waals surface area contributed by atoms with Gasteiger partial charge in [0.25, 0.3) is 11.5 Å². The van der Waals surface area contributed by atoms with Crippen molar-refractivity contribution in [2.75, 3.05) is 24.2 Å². The molecule has 0 saturated carbocycles. The van der Waals surface area contributed by atoms with Gasteiger partial charge in [0.1, 0.15) is 18.2 Å². The van der Waals surface area contributed by atoms with Gasteiger partial charge in [-0.2, -0.15) is 13.2 Å². The van der Waals surface area contributed by atoms with Crippen LogP contribution in [0, 0.1) is 0 Å². The van der Waals surface area contributed by atoms with Crippen molar-refractivity contribution in [1.82, 2.24) is 15.3 Å². The maximum atomic E-state index is 12.5. The molecule has 4 N–H and O–H groups in total. The number of nitrogens with one attached hydrogen (secondary N) is 4. The second-order valence-corrected chi connectivity index (χ2v) is 5.88. The number of aromatic nitrogens is 2. The number of alkyl halides is 3. The van der Waals surface area contributed by atoms with E-state index in [0.717, 1.165) is 0 Å². The first kappa shape index (κ1) is 19.2. The smallest absolute Gasteiger partial charge is 0.361 e. The molecule has 28 heavy (non-hydrogen) atoms. The molecule has 1 amide bonds. The molecule has 0 spiro atoms. The minimum Gasteiger partial charge on any atom is -0.361 e. The molecule has 0 atom stereocenters. The van der Waals surface area contributed by atoms with E-state index in [2.05, 4.69) is 25.9 Å². The molecule has 0 aliphatic heterocycles. The predicted octanol–water partition coefficient (Wildman–Crippen LogP) is 3.00. The van der Waals surface area contributed by atoms with Crippen LogP contribution in [0.3, 0.4) is 0 Å². The zero-order valence-electron chi connectivity index (χ0n) is 14.6. The number of carbonyl (C=O) groups excluding carboxylic acids is 1. The fraction of sp³-hybridized carbons (Fsp3) is 0.167. The van der Waals surface area contributed by atoms with Crippen molar-refractivity contribution in [2.45, 2.75) is 6.18 Å². The zero-order chi connectivity index (χ0) is 20.3. The number of aromatic amines is 1. The lowest BCUT2D eigenvalue weighted by molar-refractivity contribution is -0.115. The van der Waals surface area contributed by atoms with Gasteiger partial charge in [-0.15, -0.1) is 0 Å². The monoisotopic (exact) mass is 391 g/mol. The Bertz CT molecular complexity index is 1060. The Morgan fingerprint density at radius 1 is 1.18 bits per heavy atom. The van der Waals surface area contributed by atoms with Crippen molar-refractivity contribution in [3.8, 4) is 0 Å². The second-order valence-electron chi connectivity index (χ2n) is 5.88. The zero-order valence-corrected chi connectivity index (χ0v) is 14.6. The summed E-state index contributed by atoms with van der Waals surface area (Å²) in [5, 5.41) is 8.26. The van der Waals surface area contributed by atoms with Crippen LogP contribution in [-0.4, -0.2) is 35.6 Å². The van der Waals surface area contributed by atoms with Crippen LogP contribution in [0.5, 0.6) is 0 Å². The quantitative estimate of drug-likeness (QED) is 0.536. The number of pyridine rings is 2. The standard InChI is InChI=1S/C18H16F3N5O2/c1-22-16(27)10-2-4-12(5-3-10)25-15-14-11(6-7-23-17(14)28)8-13(26-15)24-9-18(19,20)21/h2-8H,9H2,1H3,(H,22,27)(H,23,28)(H2,24,25,26). The third-order valence-corrected chi connectivity index (χ3v) is 3.86. The molecular formula is C18H16F3N5O2. The van der Waals surface area contributed by atoms with Gasteiger partial charge in [0, 0.05) is 24.5 Å². The molecule has 2 heterocycles. The van der Waals surface area contributed by atoms with Crippen molar-refractivity contribution < 1.29 is 18.0 Å². The van der Waals surface area contributed by atoms with Crippen molar-refractivity contribution in [2.24, 2.45) is 0 Å². The SMILES string of the molecule is CNC(=O)c1ccc(Nc2nc(NCC(F)(F)F)cc3cc[nH]c(=O)c23)cc1. The number of halogens is 3.